The Labute approximate surface area is 81.2 Å². The number of carbonyl (C=O) groups is 1. The summed E-state index contributed by atoms with van der Waals surface area (Å²) in [5, 5.41) is 0. The zero-order valence-corrected chi connectivity index (χ0v) is 8.64. The predicted molar refractivity (Wildman–Crippen MR) is 55.6 cm³/mol. The molecule has 1 aliphatic rings. The minimum atomic E-state index is 0.133. The van der Waals surface area contributed by atoms with E-state index in [-0.39, 0.29) is 5.41 Å². The SMILES string of the molecule is C=CCCCCCC1(C(C)=O)CC1. The molecule has 0 spiro atoms. The van der Waals surface area contributed by atoms with Gasteiger partial charge < -0.3 is 0 Å². The van der Waals surface area contributed by atoms with Crippen LogP contribution in [0.2, 0.25) is 0 Å². The highest BCUT2D eigenvalue weighted by Crippen LogP contribution is 2.50. The van der Waals surface area contributed by atoms with E-state index in [1.54, 1.807) is 6.92 Å². The summed E-state index contributed by atoms with van der Waals surface area (Å²) in [6.45, 7) is 5.44. The third-order valence-electron chi connectivity index (χ3n) is 3.16. The van der Waals surface area contributed by atoms with E-state index in [0.29, 0.717) is 5.78 Å². The van der Waals surface area contributed by atoms with Crippen molar-refractivity contribution in [3.8, 4) is 0 Å². The lowest BCUT2D eigenvalue weighted by atomic mass is 9.94. The first-order chi connectivity index (χ1) is 6.21. The van der Waals surface area contributed by atoms with Gasteiger partial charge >= 0.3 is 0 Å². The molecule has 13 heavy (non-hydrogen) atoms. The minimum absolute atomic E-state index is 0.133. The summed E-state index contributed by atoms with van der Waals surface area (Å²) in [5.41, 5.74) is 0.133. The lowest BCUT2D eigenvalue weighted by molar-refractivity contribution is -0.122. The van der Waals surface area contributed by atoms with Crippen LogP contribution >= 0.6 is 0 Å². The fourth-order valence-electron chi connectivity index (χ4n) is 1.86. The fourth-order valence-corrected chi connectivity index (χ4v) is 1.86. The number of hydrogen-bond acceptors (Lipinski definition) is 1. The highest BCUT2D eigenvalue weighted by Gasteiger charge is 2.45. The van der Waals surface area contributed by atoms with Crippen LogP contribution < -0.4 is 0 Å². The quantitative estimate of drug-likeness (QED) is 0.433. The Bertz CT molecular complexity index is 189. The number of carbonyl (C=O) groups excluding carboxylic acids is 1. The smallest absolute Gasteiger partial charge is 0.135 e. The molecule has 74 valence electrons. The first-order valence-corrected chi connectivity index (χ1v) is 5.33. The van der Waals surface area contributed by atoms with Crippen LogP contribution in [-0.4, -0.2) is 5.78 Å². The van der Waals surface area contributed by atoms with Gasteiger partial charge in [0, 0.05) is 5.41 Å². The third kappa shape index (κ3) is 2.98. The molecule has 1 rings (SSSR count). The second kappa shape index (κ2) is 4.59. The Balaban J connectivity index is 2.06. The molecule has 0 heterocycles. The molecule has 0 amide bonds. The van der Waals surface area contributed by atoms with Crippen LogP contribution in [-0.2, 0) is 4.79 Å². The van der Waals surface area contributed by atoms with E-state index in [2.05, 4.69) is 6.58 Å². The summed E-state index contributed by atoms with van der Waals surface area (Å²) >= 11 is 0. The van der Waals surface area contributed by atoms with Crippen LogP contribution in [0, 0.1) is 5.41 Å². The molecule has 0 saturated heterocycles. The van der Waals surface area contributed by atoms with Crippen LogP contribution in [0.15, 0.2) is 12.7 Å². The summed E-state index contributed by atoms with van der Waals surface area (Å²) in [6.07, 6.45) is 10.2. The topological polar surface area (TPSA) is 17.1 Å². The molecule has 1 saturated carbocycles. The molecule has 0 radical (unpaired) electrons. The number of unbranched alkanes of at least 4 members (excludes halogenated alkanes) is 3. The van der Waals surface area contributed by atoms with E-state index in [9.17, 15) is 4.79 Å². The Morgan fingerprint density at radius 3 is 2.54 bits per heavy atom. The van der Waals surface area contributed by atoms with Crippen molar-refractivity contribution >= 4 is 5.78 Å². The van der Waals surface area contributed by atoms with Gasteiger partial charge in [0.15, 0.2) is 0 Å². The standard InChI is InChI=1S/C12H20O/c1-3-4-5-6-7-8-12(9-10-12)11(2)13/h3H,1,4-10H2,2H3. The van der Waals surface area contributed by atoms with Crippen molar-refractivity contribution in [3.05, 3.63) is 12.7 Å². The van der Waals surface area contributed by atoms with Crippen molar-refractivity contribution in [1.29, 1.82) is 0 Å². The van der Waals surface area contributed by atoms with Gasteiger partial charge in [-0.1, -0.05) is 18.9 Å². The number of hydrogen-bond donors (Lipinski definition) is 0. The van der Waals surface area contributed by atoms with Crippen LogP contribution in [0.4, 0.5) is 0 Å². The van der Waals surface area contributed by atoms with Gasteiger partial charge in [0.25, 0.3) is 0 Å². The zero-order chi connectivity index (χ0) is 9.73. The monoisotopic (exact) mass is 180 g/mol. The summed E-state index contributed by atoms with van der Waals surface area (Å²) in [6, 6.07) is 0. The molecule has 0 atom stereocenters. The fraction of sp³-hybridized carbons (Fsp3) is 0.750. The first-order valence-electron chi connectivity index (χ1n) is 5.33. The highest BCUT2D eigenvalue weighted by atomic mass is 16.1. The van der Waals surface area contributed by atoms with Gasteiger partial charge in [-0.3, -0.25) is 4.79 Å². The third-order valence-corrected chi connectivity index (χ3v) is 3.16. The van der Waals surface area contributed by atoms with E-state index in [1.807, 2.05) is 6.08 Å². The first kappa shape index (κ1) is 10.5. The average Bonchev–Trinajstić information content (AvgIpc) is 2.85. The molecule has 0 aromatic rings. The lowest BCUT2D eigenvalue weighted by Crippen LogP contribution is -2.11. The van der Waals surface area contributed by atoms with Gasteiger partial charge in [0.05, 0.1) is 0 Å². The van der Waals surface area contributed by atoms with Gasteiger partial charge in [-0.2, -0.15) is 0 Å². The Hall–Kier alpha value is -0.590. The molecule has 1 heteroatoms. The molecular weight excluding hydrogens is 160 g/mol. The van der Waals surface area contributed by atoms with Gasteiger partial charge in [-0.05, 0) is 39.0 Å². The number of rotatable bonds is 7. The predicted octanol–water partition coefficient (Wildman–Crippen LogP) is 3.49. The Morgan fingerprint density at radius 2 is 2.08 bits per heavy atom. The molecular formula is C12H20O. The van der Waals surface area contributed by atoms with Crippen molar-refractivity contribution < 1.29 is 4.79 Å². The molecule has 1 aliphatic carbocycles. The summed E-state index contributed by atoms with van der Waals surface area (Å²) in [5.74, 6) is 0.413. The Morgan fingerprint density at radius 1 is 1.38 bits per heavy atom. The average molecular weight is 180 g/mol. The maximum absolute atomic E-state index is 11.2. The van der Waals surface area contributed by atoms with Crippen LogP contribution in [0.25, 0.3) is 0 Å². The van der Waals surface area contributed by atoms with Gasteiger partial charge in [-0.15, -0.1) is 6.58 Å². The van der Waals surface area contributed by atoms with Crippen molar-refractivity contribution in [2.75, 3.05) is 0 Å². The normalized spacial score (nSPS) is 18.2. The van der Waals surface area contributed by atoms with E-state index in [4.69, 9.17) is 0 Å². The Kier molecular flexibility index (Phi) is 3.71. The molecule has 0 aromatic carbocycles. The molecule has 0 bridgehead atoms. The van der Waals surface area contributed by atoms with E-state index < -0.39 is 0 Å². The van der Waals surface area contributed by atoms with Gasteiger partial charge in [-0.25, -0.2) is 0 Å². The van der Waals surface area contributed by atoms with Crippen molar-refractivity contribution in [2.24, 2.45) is 5.41 Å². The van der Waals surface area contributed by atoms with Crippen LogP contribution in [0.3, 0.4) is 0 Å². The number of allylic oxidation sites excluding steroid dienone is 1. The molecule has 0 aliphatic heterocycles. The molecule has 1 fully saturated rings. The maximum atomic E-state index is 11.2. The summed E-state index contributed by atoms with van der Waals surface area (Å²) in [7, 11) is 0. The second-order valence-corrected chi connectivity index (χ2v) is 4.22. The number of ketones is 1. The molecule has 0 aromatic heterocycles. The summed E-state index contributed by atoms with van der Waals surface area (Å²) < 4.78 is 0. The van der Waals surface area contributed by atoms with Crippen molar-refractivity contribution in [2.45, 2.75) is 51.9 Å². The van der Waals surface area contributed by atoms with E-state index >= 15 is 0 Å². The molecule has 0 N–H and O–H groups in total. The maximum Gasteiger partial charge on any atom is 0.135 e. The second-order valence-electron chi connectivity index (χ2n) is 4.22. The van der Waals surface area contributed by atoms with Crippen LogP contribution in [0.5, 0.6) is 0 Å². The molecule has 0 unspecified atom stereocenters. The molecule has 1 nitrogen and oxygen atoms in total. The van der Waals surface area contributed by atoms with Crippen molar-refractivity contribution in [3.63, 3.8) is 0 Å². The van der Waals surface area contributed by atoms with E-state index in [1.165, 1.54) is 19.3 Å². The zero-order valence-electron chi connectivity index (χ0n) is 8.64. The van der Waals surface area contributed by atoms with E-state index in [0.717, 1.165) is 25.7 Å². The lowest BCUT2D eigenvalue weighted by Gasteiger charge is -2.09. The van der Waals surface area contributed by atoms with Gasteiger partial charge in [0.2, 0.25) is 0 Å². The van der Waals surface area contributed by atoms with Crippen LogP contribution in [0.1, 0.15) is 51.9 Å². The van der Waals surface area contributed by atoms with Gasteiger partial charge in [0.1, 0.15) is 5.78 Å². The highest BCUT2D eigenvalue weighted by molar-refractivity contribution is 5.84. The van der Waals surface area contributed by atoms with Crippen molar-refractivity contribution in [1.82, 2.24) is 0 Å². The largest absolute Gasteiger partial charge is 0.299 e. The minimum Gasteiger partial charge on any atom is -0.299 e. The number of Topliss-reactive ketones (excluding diaryl/α,β-unsaturated/α-hetero) is 1. The summed E-state index contributed by atoms with van der Waals surface area (Å²) in [4.78, 5) is 11.2.